The van der Waals surface area contributed by atoms with Crippen LogP contribution in [0.1, 0.15) is 65.1 Å². The van der Waals surface area contributed by atoms with Crippen molar-refractivity contribution in [1.29, 1.82) is 0 Å². The van der Waals surface area contributed by atoms with Gasteiger partial charge in [0.05, 0.1) is 0 Å². The molecule has 0 aromatic carbocycles. The van der Waals surface area contributed by atoms with E-state index in [2.05, 4.69) is 43.2 Å². The van der Waals surface area contributed by atoms with Crippen molar-refractivity contribution in [3.8, 4) is 0 Å². The van der Waals surface area contributed by atoms with Crippen LogP contribution in [0, 0.1) is 10.8 Å². The fourth-order valence-corrected chi connectivity index (χ4v) is 3.66. The average Bonchev–Trinajstić information content (AvgIpc) is 2.60. The van der Waals surface area contributed by atoms with Crippen LogP contribution in [0.25, 0.3) is 0 Å². The minimum atomic E-state index is -0.248. The molecule has 19 heavy (non-hydrogen) atoms. The molecule has 1 N–H and O–H groups in total. The molecule has 1 heterocycles. The molecule has 0 saturated heterocycles. The van der Waals surface area contributed by atoms with E-state index in [9.17, 15) is 0 Å². The second-order valence-corrected chi connectivity index (χ2v) is 7.97. The lowest BCUT2D eigenvalue weighted by molar-refractivity contribution is 0.104. The number of aromatic nitrogens is 2. The second-order valence-electron chi connectivity index (χ2n) is 7.32. The molecule has 5 heteroatoms. The summed E-state index contributed by atoms with van der Waals surface area (Å²) in [5.74, 6) is 0.471. The van der Waals surface area contributed by atoms with Gasteiger partial charge < -0.3 is 9.73 Å². The van der Waals surface area contributed by atoms with Crippen molar-refractivity contribution >= 4 is 17.6 Å². The summed E-state index contributed by atoms with van der Waals surface area (Å²) >= 11 is 5.93. The van der Waals surface area contributed by atoms with E-state index in [0.29, 0.717) is 28.8 Å². The third kappa shape index (κ3) is 3.85. The lowest BCUT2D eigenvalue weighted by Crippen LogP contribution is -2.40. The van der Waals surface area contributed by atoms with Gasteiger partial charge in [0.2, 0.25) is 5.89 Å². The van der Waals surface area contributed by atoms with Crippen LogP contribution < -0.4 is 5.32 Å². The molecule has 4 nitrogen and oxygen atoms in total. The molecule has 1 aliphatic rings. The predicted octanol–water partition coefficient (Wildman–Crippen LogP) is 4.39. The molecule has 0 bridgehead atoms. The van der Waals surface area contributed by atoms with E-state index in [0.717, 1.165) is 12.8 Å². The molecule has 1 aromatic heterocycles. The van der Waals surface area contributed by atoms with E-state index in [-0.39, 0.29) is 5.38 Å². The van der Waals surface area contributed by atoms with Gasteiger partial charge in [-0.15, -0.1) is 16.7 Å². The fraction of sp³-hybridized carbons (Fsp3) is 0.857. The van der Waals surface area contributed by atoms with Crippen molar-refractivity contribution in [1.82, 2.24) is 10.2 Å². The summed E-state index contributed by atoms with van der Waals surface area (Å²) in [5, 5.41) is 11.1. The quantitative estimate of drug-likeness (QED) is 0.837. The van der Waals surface area contributed by atoms with Gasteiger partial charge in [0.25, 0.3) is 0 Å². The summed E-state index contributed by atoms with van der Waals surface area (Å²) in [5.41, 5.74) is 0.671. The van der Waals surface area contributed by atoms with Crippen molar-refractivity contribution < 1.29 is 4.42 Å². The molecule has 1 aliphatic carbocycles. The van der Waals surface area contributed by atoms with Gasteiger partial charge in [-0.25, -0.2) is 0 Å². The molecular weight excluding hydrogens is 262 g/mol. The summed E-state index contributed by atoms with van der Waals surface area (Å²) in [4.78, 5) is 0. The minimum absolute atomic E-state index is 0.248. The van der Waals surface area contributed by atoms with Crippen LogP contribution in [-0.4, -0.2) is 16.2 Å². The second kappa shape index (κ2) is 4.97. The lowest BCUT2D eigenvalue weighted by atomic mass is 9.63. The van der Waals surface area contributed by atoms with Gasteiger partial charge in [-0.1, -0.05) is 32.8 Å². The van der Waals surface area contributed by atoms with Crippen LogP contribution in [0.15, 0.2) is 4.42 Å². The number of nitrogens with zero attached hydrogens (tertiary/aromatic N) is 2. The maximum absolute atomic E-state index is 5.93. The van der Waals surface area contributed by atoms with Crippen molar-refractivity contribution in [3.05, 3.63) is 5.89 Å². The largest absolute Gasteiger partial charge is 0.406 e. The highest BCUT2D eigenvalue weighted by molar-refractivity contribution is 6.20. The minimum Gasteiger partial charge on any atom is -0.406 e. The maximum atomic E-state index is 5.93. The molecular formula is C14H24ClN3O. The first-order chi connectivity index (χ1) is 8.67. The lowest BCUT2D eigenvalue weighted by Gasteiger charge is -2.44. The first kappa shape index (κ1) is 14.6. The van der Waals surface area contributed by atoms with Crippen molar-refractivity contribution in [2.75, 3.05) is 5.32 Å². The summed E-state index contributed by atoms with van der Waals surface area (Å²) in [6.45, 7) is 11.1. The van der Waals surface area contributed by atoms with Gasteiger partial charge in [0.15, 0.2) is 0 Å². The van der Waals surface area contributed by atoms with Crippen LogP contribution in [0.2, 0.25) is 0 Å². The zero-order valence-corrected chi connectivity index (χ0v) is 13.2. The molecule has 1 aromatic rings. The first-order valence-corrected chi connectivity index (χ1v) is 7.35. The zero-order chi connectivity index (χ0) is 14.3. The topological polar surface area (TPSA) is 51.0 Å². The van der Waals surface area contributed by atoms with Crippen LogP contribution in [0.3, 0.4) is 0 Å². The third-order valence-corrected chi connectivity index (χ3v) is 3.85. The predicted molar refractivity (Wildman–Crippen MR) is 77.4 cm³/mol. The number of alkyl halides is 1. The summed E-state index contributed by atoms with van der Waals surface area (Å²) in [7, 11) is 0. The van der Waals surface area contributed by atoms with Gasteiger partial charge in [-0.05, 0) is 37.0 Å². The monoisotopic (exact) mass is 285 g/mol. The number of hydrogen-bond acceptors (Lipinski definition) is 4. The molecule has 1 atom stereocenters. The van der Waals surface area contributed by atoms with Gasteiger partial charge in [0.1, 0.15) is 5.38 Å². The van der Waals surface area contributed by atoms with E-state index in [4.69, 9.17) is 16.0 Å². The Morgan fingerprint density at radius 2 is 1.79 bits per heavy atom. The Bertz CT molecular complexity index is 424. The molecule has 0 aliphatic heterocycles. The summed E-state index contributed by atoms with van der Waals surface area (Å²) in [6.07, 6.45) is 3.47. The highest BCUT2D eigenvalue weighted by Crippen LogP contribution is 2.46. The molecule has 0 radical (unpaired) electrons. The smallest absolute Gasteiger partial charge is 0.315 e. The maximum Gasteiger partial charge on any atom is 0.315 e. The van der Waals surface area contributed by atoms with E-state index in [1.54, 1.807) is 0 Å². The van der Waals surface area contributed by atoms with Crippen LogP contribution >= 0.6 is 11.6 Å². The van der Waals surface area contributed by atoms with Gasteiger partial charge in [0, 0.05) is 6.04 Å². The first-order valence-electron chi connectivity index (χ1n) is 6.91. The molecule has 1 fully saturated rings. The third-order valence-electron chi connectivity index (χ3n) is 3.66. The van der Waals surface area contributed by atoms with Crippen molar-refractivity contribution in [2.24, 2.45) is 10.8 Å². The van der Waals surface area contributed by atoms with E-state index >= 15 is 0 Å². The van der Waals surface area contributed by atoms with Crippen molar-refractivity contribution in [3.63, 3.8) is 0 Å². The molecule has 108 valence electrons. The molecule has 1 saturated carbocycles. The number of anilines is 1. The Balaban J connectivity index is 2.05. The van der Waals surface area contributed by atoms with Gasteiger partial charge in [-0.2, -0.15) is 0 Å². The standard InChI is InChI=1S/C14H24ClN3O/c1-9(15)11-17-18-12(19-11)16-10-6-13(2,3)8-14(4,5)7-10/h9-10H,6-8H2,1-5H3,(H,16,18). The van der Waals surface area contributed by atoms with Crippen molar-refractivity contribution in [2.45, 2.75) is 65.3 Å². The van der Waals surface area contributed by atoms with Crippen LogP contribution in [-0.2, 0) is 0 Å². The molecule has 0 spiro atoms. The fourth-order valence-electron chi connectivity index (χ4n) is 3.58. The molecule has 0 amide bonds. The SMILES string of the molecule is CC(Cl)c1nnc(NC2CC(C)(C)CC(C)(C)C2)o1. The van der Waals surface area contributed by atoms with Gasteiger partial charge >= 0.3 is 6.01 Å². The van der Waals surface area contributed by atoms with Gasteiger partial charge in [-0.3, -0.25) is 0 Å². The Hall–Kier alpha value is -0.770. The zero-order valence-electron chi connectivity index (χ0n) is 12.5. The molecule has 2 rings (SSSR count). The summed E-state index contributed by atoms with van der Waals surface area (Å²) < 4.78 is 5.52. The summed E-state index contributed by atoms with van der Waals surface area (Å²) in [6, 6.07) is 0.860. The number of hydrogen-bond donors (Lipinski definition) is 1. The van der Waals surface area contributed by atoms with E-state index < -0.39 is 0 Å². The Kier molecular flexibility index (Phi) is 3.83. The van der Waals surface area contributed by atoms with Crippen LogP contribution in [0.4, 0.5) is 6.01 Å². The highest BCUT2D eigenvalue weighted by Gasteiger charge is 2.38. The normalized spacial score (nSPS) is 24.1. The Morgan fingerprint density at radius 1 is 1.21 bits per heavy atom. The number of halogens is 1. The van der Waals surface area contributed by atoms with Crippen LogP contribution in [0.5, 0.6) is 0 Å². The average molecular weight is 286 g/mol. The highest BCUT2D eigenvalue weighted by atomic mass is 35.5. The van der Waals surface area contributed by atoms with E-state index in [1.165, 1.54) is 6.42 Å². The Morgan fingerprint density at radius 3 is 2.26 bits per heavy atom. The Labute approximate surface area is 120 Å². The number of nitrogens with one attached hydrogen (secondary N) is 1. The number of rotatable bonds is 3. The molecule has 1 unspecified atom stereocenters. The van der Waals surface area contributed by atoms with E-state index in [1.807, 2.05) is 6.92 Å².